The molecule has 0 radical (unpaired) electrons. The van der Waals surface area contributed by atoms with Crippen LogP contribution in [0.15, 0.2) is 12.2 Å². The van der Waals surface area contributed by atoms with Gasteiger partial charge in [-0.05, 0) is 13.8 Å². The summed E-state index contributed by atoms with van der Waals surface area (Å²) in [5.74, 6) is -12.8. The Balaban J connectivity index is 2.94. The number of aliphatic hydroxyl groups is 1. The average Bonchev–Trinajstić information content (AvgIpc) is 2.31. The molecule has 0 aromatic heterocycles. The van der Waals surface area contributed by atoms with Crippen molar-refractivity contribution in [3.05, 3.63) is 12.2 Å². The van der Waals surface area contributed by atoms with Gasteiger partial charge in [-0.15, -0.1) is 0 Å². The van der Waals surface area contributed by atoms with E-state index in [2.05, 4.69) is 20.8 Å². The number of hydrogen-bond donors (Lipinski definition) is 1. The summed E-state index contributed by atoms with van der Waals surface area (Å²) in [7, 11) is 0. The summed E-state index contributed by atoms with van der Waals surface area (Å²) in [4.78, 5) is 11.1. The van der Waals surface area contributed by atoms with Gasteiger partial charge in [-0.1, -0.05) is 6.58 Å². The highest BCUT2D eigenvalue weighted by Gasteiger charge is 2.75. The zero-order chi connectivity index (χ0) is 16.7. The average molecular weight is 320 g/mol. The monoisotopic (exact) mass is 320 g/mol. The molecule has 1 N–H and O–H groups in total. The minimum atomic E-state index is -5.78. The Kier molecular flexibility index (Phi) is 4.39. The highest BCUT2D eigenvalue weighted by atomic mass is 19.4. The van der Waals surface area contributed by atoms with Gasteiger partial charge in [0.25, 0.3) is 0 Å². The first-order chi connectivity index (χ1) is 9.24. The molecule has 1 rings (SSSR count). The van der Waals surface area contributed by atoms with Gasteiger partial charge in [0.2, 0.25) is 5.79 Å². The molecule has 2 atom stereocenters. The third-order valence-corrected chi connectivity index (χ3v) is 2.62. The van der Waals surface area contributed by atoms with Gasteiger partial charge in [-0.3, -0.25) is 0 Å². The summed E-state index contributed by atoms with van der Waals surface area (Å²) in [6, 6.07) is 0. The van der Waals surface area contributed by atoms with E-state index in [-0.39, 0.29) is 5.57 Å². The topological polar surface area (TPSA) is 65.0 Å². The number of alkyl halides is 5. The molecule has 1 aliphatic heterocycles. The number of halogens is 5. The van der Waals surface area contributed by atoms with E-state index in [1.807, 2.05) is 0 Å². The summed E-state index contributed by atoms with van der Waals surface area (Å²) in [5, 5.41) is 9.21. The second kappa shape index (κ2) is 5.18. The smallest absolute Gasteiger partial charge is 0.449 e. The lowest BCUT2D eigenvalue weighted by Crippen LogP contribution is -2.70. The number of rotatable bonds is 3. The van der Waals surface area contributed by atoms with E-state index in [4.69, 9.17) is 0 Å². The molecule has 0 spiro atoms. The first-order valence-electron chi connectivity index (χ1n) is 5.58. The van der Waals surface area contributed by atoms with Crippen LogP contribution in [0.2, 0.25) is 0 Å². The lowest BCUT2D eigenvalue weighted by molar-refractivity contribution is -0.513. The Morgan fingerprint density at radius 1 is 1.43 bits per heavy atom. The molecule has 0 aromatic carbocycles. The molecule has 0 aliphatic carbocycles. The van der Waals surface area contributed by atoms with Crippen molar-refractivity contribution in [1.29, 1.82) is 0 Å². The Hall–Kier alpha value is -1.26. The van der Waals surface area contributed by atoms with Gasteiger partial charge in [-0.2, -0.15) is 22.0 Å². The molecule has 1 heterocycles. The maximum Gasteiger partial charge on any atom is 0.449 e. The molecule has 0 bridgehead atoms. The summed E-state index contributed by atoms with van der Waals surface area (Å²) in [6.45, 7) is 2.63. The van der Waals surface area contributed by atoms with Crippen LogP contribution in [-0.2, 0) is 19.0 Å². The predicted molar refractivity (Wildman–Crippen MR) is 57.2 cm³/mol. The molecule has 1 aliphatic rings. The molecule has 1 saturated heterocycles. The normalized spacial score (nSPS) is 32.6. The van der Waals surface area contributed by atoms with Crippen LogP contribution in [0.3, 0.4) is 0 Å². The van der Waals surface area contributed by atoms with Gasteiger partial charge in [0.05, 0.1) is 0 Å². The summed E-state index contributed by atoms with van der Waals surface area (Å²) in [5.41, 5.74) is -0.0641. The Morgan fingerprint density at radius 3 is 2.38 bits per heavy atom. The van der Waals surface area contributed by atoms with Crippen LogP contribution in [0.5, 0.6) is 0 Å². The third-order valence-electron chi connectivity index (χ3n) is 2.62. The van der Waals surface area contributed by atoms with Crippen molar-refractivity contribution in [3.8, 4) is 0 Å². The van der Waals surface area contributed by atoms with E-state index in [1.165, 1.54) is 6.92 Å². The molecule has 0 saturated carbocycles. The van der Waals surface area contributed by atoms with Gasteiger partial charge in [0, 0.05) is 5.57 Å². The molecule has 21 heavy (non-hydrogen) atoms. The van der Waals surface area contributed by atoms with Crippen LogP contribution in [0.25, 0.3) is 0 Å². The molecule has 122 valence electrons. The van der Waals surface area contributed by atoms with Crippen LogP contribution in [0.4, 0.5) is 22.0 Å². The highest BCUT2D eigenvalue weighted by Crippen LogP contribution is 2.48. The number of carbonyl (C=O) groups is 1. The summed E-state index contributed by atoms with van der Waals surface area (Å²) >= 11 is 0. The molecule has 1 fully saturated rings. The zero-order valence-electron chi connectivity index (χ0n) is 11.1. The van der Waals surface area contributed by atoms with Gasteiger partial charge >= 0.3 is 23.9 Å². The molecule has 10 heteroatoms. The van der Waals surface area contributed by atoms with Crippen molar-refractivity contribution in [3.63, 3.8) is 0 Å². The lowest BCUT2D eigenvalue weighted by Gasteiger charge is -2.47. The second-order valence-corrected chi connectivity index (χ2v) is 4.73. The number of carbonyl (C=O) groups excluding carboxylic acids is 1. The van der Waals surface area contributed by atoms with Crippen LogP contribution in [0.1, 0.15) is 13.8 Å². The van der Waals surface area contributed by atoms with Gasteiger partial charge in [0.15, 0.2) is 0 Å². The minimum absolute atomic E-state index is 0.0641. The van der Waals surface area contributed by atoms with Crippen molar-refractivity contribution in [2.75, 3.05) is 13.2 Å². The van der Waals surface area contributed by atoms with Crippen LogP contribution >= 0.6 is 0 Å². The Bertz CT molecular complexity index is 449. The predicted octanol–water partition coefficient (Wildman–Crippen LogP) is 1.75. The van der Waals surface area contributed by atoms with Gasteiger partial charge in [0.1, 0.15) is 13.2 Å². The fourth-order valence-electron chi connectivity index (χ4n) is 1.41. The zero-order valence-corrected chi connectivity index (χ0v) is 11.1. The van der Waals surface area contributed by atoms with E-state index < -0.39 is 42.9 Å². The molecule has 0 amide bonds. The van der Waals surface area contributed by atoms with Crippen molar-refractivity contribution < 1.29 is 46.1 Å². The number of ether oxygens (including phenoxy) is 3. The SMILES string of the molecule is C=C(C)C(=O)OCC1(C)OCC(F)(F)C(O)(C(F)(F)F)O1. The summed E-state index contributed by atoms with van der Waals surface area (Å²) < 4.78 is 77.5. The first kappa shape index (κ1) is 17.8. The maximum absolute atomic E-state index is 13.3. The fourth-order valence-corrected chi connectivity index (χ4v) is 1.41. The maximum atomic E-state index is 13.3. The molecular weight excluding hydrogens is 307 g/mol. The molecule has 5 nitrogen and oxygen atoms in total. The quantitative estimate of drug-likeness (QED) is 0.488. The summed E-state index contributed by atoms with van der Waals surface area (Å²) in [6.07, 6.45) is -5.78. The van der Waals surface area contributed by atoms with Crippen molar-refractivity contribution in [2.24, 2.45) is 0 Å². The minimum Gasteiger partial charge on any atom is -0.457 e. The number of hydrogen-bond acceptors (Lipinski definition) is 5. The van der Waals surface area contributed by atoms with E-state index in [1.54, 1.807) is 0 Å². The standard InChI is InChI=1S/C11H13F5O5/c1-6(2)7(17)19-4-8(3)20-5-9(12,13)10(18,21-8)11(14,15)16/h18H,1,4-5H2,2-3H3. The van der Waals surface area contributed by atoms with E-state index in [9.17, 15) is 31.9 Å². The Labute approximate surface area is 116 Å². The van der Waals surface area contributed by atoms with E-state index in [0.717, 1.165) is 6.92 Å². The van der Waals surface area contributed by atoms with Crippen molar-refractivity contribution in [1.82, 2.24) is 0 Å². The van der Waals surface area contributed by atoms with Crippen LogP contribution in [-0.4, -0.2) is 48.0 Å². The van der Waals surface area contributed by atoms with Crippen LogP contribution in [0, 0.1) is 0 Å². The van der Waals surface area contributed by atoms with Gasteiger partial charge in [-0.25, -0.2) is 4.79 Å². The van der Waals surface area contributed by atoms with Crippen molar-refractivity contribution in [2.45, 2.75) is 37.5 Å². The van der Waals surface area contributed by atoms with E-state index >= 15 is 0 Å². The van der Waals surface area contributed by atoms with Crippen molar-refractivity contribution >= 4 is 5.97 Å². The first-order valence-corrected chi connectivity index (χ1v) is 5.58. The molecule has 0 aromatic rings. The Morgan fingerprint density at radius 2 is 1.95 bits per heavy atom. The van der Waals surface area contributed by atoms with Crippen LogP contribution < -0.4 is 0 Å². The van der Waals surface area contributed by atoms with E-state index in [0.29, 0.717) is 0 Å². The highest BCUT2D eigenvalue weighted by molar-refractivity contribution is 5.86. The lowest BCUT2D eigenvalue weighted by atomic mass is 10.1. The molecule has 2 unspecified atom stereocenters. The van der Waals surface area contributed by atoms with Gasteiger partial charge < -0.3 is 19.3 Å². The second-order valence-electron chi connectivity index (χ2n) is 4.73. The number of esters is 1. The third kappa shape index (κ3) is 3.33. The molecular formula is C11H13F5O5. The fraction of sp³-hybridized carbons (Fsp3) is 0.727. The largest absolute Gasteiger partial charge is 0.457 e.